The van der Waals surface area contributed by atoms with Crippen molar-refractivity contribution in [3.8, 4) is 11.5 Å². The van der Waals surface area contributed by atoms with E-state index in [2.05, 4.69) is 49.6 Å². The van der Waals surface area contributed by atoms with Crippen molar-refractivity contribution in [3.63, 3.8) is 0 Å². The fourth-order valence-electron chi connectivity index (χ4n) is 2.84. The Morgan fingerprint density at radius 1 is 1.15 bits per heavy atom. The molecule has 0 bridgehead atoms. The Morgan fingerprint density at radius 3 is 2.85 bits per heavy atom. The maximum Gasteiger partial charge on any atom is 0.225 e. The zero-order chi connectivity index (χ0) is 13.4. The second-order valence-corrected chi connectivity index (χ2v) is 5.01. The molecule has 0 saturated carbocycles. The molecule has 3 aromatic rings. The summed E-state index contributed by atoms with van der Waals surface area (Å²) in [4.78, 5) is 0. The molecule has 0 radical (unpaired) electrons. The fraction of sp³-hybridized carbons (Fsp3) is 0.286. The summed E-state index contributed by atoms with van der Waals surface area (Å²) in [6, 6.07) is 10.4. The van der Waals surface area contributed by atoms with Crippen LogP contribution in [-0.4, -0.2) is 30.4 Å². The van der Waals surface area contributed by atoms with E-state index >= 15 is 0 Å². The number of aromatic amines is 1. The van der Waals surface area contributed by atoms with E-state index in [1.807, 2.05) is 6.07 Å². The van der Waals surface area contributed by atoms with E-state index < -0.39 is 0 Å². The number of H-pyrrole nitrogens is 1. The van der Waals surface area contributed by atoms with Gasteiger partial charge in [0.25, 0.3) is 0 Å². The molecule has 0 spiro atoms. The van der Waals surface area contributed by atoms with Gasteiger partial charge < -0.3 is 0 Å². The molecule has 0 unspecified atom stereocenters. The molecule has 1 aliphatic carbocycles. The average molecular weight is 266 g/mol. The Kier molecular flexibility index (Phi) is 2.58. The van der Waals surface area contributed by atoms with Crippen LogP contribution >= 0.6 is 0 Å². The van der Waals surface area contributed by atoms with Gasteiger partial charge in [-0.05, 0) is 30.0 Å². The predicted molar refractivity (Wildman–Crippen MR) is 73.0 cm³/mol. The van der Waals surface area contributed by atoms with Gasteiger partial charge in [0.05, 0.1) is 6.54 Å². The first kappa shape index (κ1) is 11.3. The molecule has 0 atom stereocenters. The number of fused-ring (bicyclic) bond motifs is 1. The van der Waals surface area contributed by atoms with E-state index in [0.29, 0.717) is 5.82 Å². The molecule has 1 aliphatic rings. The van der Waals surface area contributed by atoms with Gasteiger partial charge in [-0.2, -0.15) is 10.3 Å². The lowest BCUT2D eigenvalue weighted by Crippen LogP contribution is -2.05. The summed E-state index contributed by atoms with van der Waals surface area (Å²) in [7, 11) is 0. The minimum Gasteiger partial charge on any atom is -0.264 e. The third-order valence-corrected chi connectivity index (χ3v) is 3.74. The summed E-state index contributed by atoms with van der Waals surface area (Å²) in [5, 5.41) is 19.0. The highest BCUT2D eigenvalue weighted by molar-refractivity contribution is 5.57. The Labute approximate surface area is 115 Å². The lowest BCUT2D eigenvalue weighted by molar-refractivity contribution is 0.645. The van der Waals surface area contributed by atoms with Crippen LogP contribution in [0.1, 0.15) is 23.2 Å². The van der Waals surface area contributed by atoms with Crippen LogP contribution in [0.15, 0.2) is 30.3 Å². The van der Waals surface area contributed by atoms with Crippen molar-refractivity contribution in [2.45, 2.75) is 25.8 Å². The molecule has 4 rings (SSSR count). The van der Waals surface area contributed by atoms with Gasteiger partial charge in [-0.1, -0.05) is 30.3 Å². The number of aromatic nitrogens is 6. The van der Waals surface area contributed by atoms with Crippen molar-refractivity contribution in [2.75, 3.05) is 0 Å². The molecular formula is C14H14N6. The molecule has 0 fully saturated rings. The maximum atomic E-state index is 4.70. The molecular weight excluding hydrogens is 252 g/mol. The van der Waals surface area contributed by atoms with Crippen molar-refractivity contribution >= 4 is 0 Å². The van der Waals surface area contributed by atoms with Crippen LogP contribution in [0, 0.1) is 0 Å². The van der Waals surface area contributed by atoms with Gasteiger partial charge in [-0.25, -0.2) is 0 Å². The third kappa shape index (κ3) is 1.80. The smallest absolute Gasteiger partial charge is 0.225 e. The monoisotopic (exact) mass is 266 g/mol. The van der Waals surface area contributed by atoms with Crippen LogP contribution in [0.5, 0.6) is 0 Å². The van der Waals surface area contributed by atoms with Gasteiger partial charge >= 0.3 is 0 Å². The second kappa shape index (κ2) is 4.56. The molecule has 20 heavy (non-hydrogen) atoms. The standard InChI is InChI=1S/C14H14N6/c1-2-5-10(6-3-1)9-20-12-8-4-7-11(12)13(17-20)14-15-18-19-16-14/h1-3,5-6H,4,7-9H2,(H,15,16,18,19). The lowest BCUT2D eigenvalue weighted by Gasteiger charge is -2.05. The highest BCUT2D eigenvalue weighted by Gasteiger charge is 2.25. The third-order valence-electron chi connectivity index (χ3n) is 3.74. The van der Waals surface area contributed by atoms with Crippen molar-refractivity contribution in [2.24, 2.45) is 0 Å². The van der Waals surface area contributed by atoms with Crippen molar-refractivity contribution in [1.29, 1.82) is 0 Å². The van der Waals surface area contributed by atoms with Crippen LogP contribution in [0.4, 0.5) is 0 Å². The number of tetrazole rings is 1. The highest BCUT2D eigenvalue weighted by Crippen LogP contribution is 2.30. The molecule has 0 amide bonds. The Bertz CT molecular complexity index is 714. The molecule has 6 nitrogen and oxygen atoms in total. The molecule has 6 heteroatoms. The summed E-state index contributed by atoms with van der Waals surface area (Å²) < 4.78 is 2.09. The zero-order valence-electron chi connectivity index (χ0n) is 11.0. The summed E-state index contributed by atoms with van der Waals surface area (Å²) in [5.41, 5.74) is 4.72. The Hall–Kier alpha value is -2.50. The van der Waals surface area contributed by atoms with Gasteiger partial charge in [-0.3, -0.25) is 4.68 Å². The summed E-state index contributed by atoms with van der Waals surface area (Å²) >= 11 is 0. The van der Waals surface area contributed by atoms with Crippen LogP contribution in [0.2, 0.25) is 0 Å². The maximum absolute atomic E-state index is 4.70. The normalized spacial score (nSPS) is 13.6. The van der Waals surface area contributed by atoms with E-state index in [0.717, 1.165) is 25.1 Å². The number of benzene rings is 1. The average Bonchev–Trinajstić information content (AvgIpc) is 3.18. The molecule has 2 aromatic heterocycles. The molecule has 1 aromatic carbocycles. The van der Waals surface area contributed by atoms with Crippen LogP contribution in [-0.2, 0) is 19.4 Å². The molecule has 100 valence electrons. The van der Waals surface area contributed by atoms with Crippen molar-refractivity contribution < 1.29 is 0 Å². The molecule has 1 N–H and O–H groups in total. The number of rotatable bonds is 3. The lowest BCUT2D eigenvalue weighted by atomic mass is 10.2. The number of hydrogen-bond donors (Lipinski definition) is 1. The summed E-state index contributed by atoms with van der Waals surface area (Å²) in [6.07, 6.45) is 3.30. The molecule has 0 saturated heterocycles. The Morgan fingerprint density at radius 2 is 2.05 bits per heavy atom. The first-order valence-electron chi connectivity index (χ1n) is 6.78. The van der Waals surface area contributed by atoms with Gasteiger partial charge in [0, 0.05) is 11.3 Å². The minimum absolute atomic E-state index is 0.593. The van der Waals surface area contributed by atoms with E-state index in [4.69, 9.17) is 5.10 Å². The fourth-order valence-corrected chi connectivity index (χ4v) is 2.84. The second-order valence-electron chi connectivity index (χ2n) is 5.01. The van der Waals surface area contributed by atoms with E-state index in [1.54, 1.807) is 0 Å². The quantitative estimate of drug-likeness (QED) is 0.781. The predicted octanol–water partition coefficient (Wildman–Crippen LogP) is 1.60. The zero-order valence-corrected chi connectivity index (χ0v) is 11.0. The van der Waals surface area contributed by atoms with Gasteiger partial charge in [0.1, 0.15) is 5.69 Å². The van der Waals surface area contributed by atoms with Gasteiger partial charge in [0.2, 0.25) is 5.82 Å². The van der Waals surface area contributed by atoms with E-state index in [-0.39, 0.29) is 0 Å². The Balaban J connectivity index is 1.76. The number of hydrogen-bond acceptors (Lipinski definition) is 4. The largest absolute Gasteiger partial charge is 0.264 e. The van der Waals surface area contributed by atoms with Gasteiger partial charge in [0.15, 0.2) is 0 Å². The summed E-state index contributed by atoms with van der Waals surface area (Å²) in [6.45, 7) is 0.793. The van der Waals surface area contributed by atoms with Crippen LogP contribution < -0.4 is 0 Å². The van der Waals surface area contributed by atoms with E-state index in [1.165, 1.54) is 23.2 Å². The highest BCUT2D eigenvalue weighted by atomic mass is 15.5. The van der Waals surface area contributed by atoms with Crippen LogP contribution in [0.3, 0.4) is 0 Å². The minimum atomic E-state index is 0.593. The topological polar surface area (TPSA) is 72.3 Å². The van der Waals surface area contributed by atoms with Crippen molar-refractivity contribution in [3.05, 3.63) is 47.2 Å². The van der Waals surface area contributed by atoms with Crippen molar-refractivity contribution in [1.82, 2.24) is 30.4 Å². The SMILES string of the molecule is c1ccc(Cn2nc(-c3nn[nH]n3)c3c2CCC3)cc1. The first-order chi connectivity index (χ1) is 9.92. The number of nitrogens with zero attached hydrogens (tertiary/aromatic N) is 5. The molecule has 0 aliphatic heterocycles. The summed E-state index contributed by atoms with van der Waals surface area (Å²) in [5.74, 6) is 0.593. The number of nitrogens with one attached hydrogen (secondary N) is 1. The molecule has 2 heterocycles. The van der Waals surface area contributed by atoms with Gasteiger partial charge in [-0.15, -0.1) is 10.2 Å². The first-order valence-corrected chi connectivity index (χ1v) is 6.78. The van der Waals surface area contributed by atoms with Crippen LogP contribution in [0.25, 0.3) is 11.5 Å². The van der Waals surface area contributed by atoms with E-state index in [9.17, 15) is 0 Å².